The van der Waals surface area contributed by atoms with Crippen molar-refractivity contribution in [2.45, 2.75) is 12.7 Å². The van der Waals surface area contributed by atoms with E-state index >= 15 is 0 Å². The Balaban J connectivity index is 2.02. The van der Waals surface area contributed by atoms with Gasteiger partial charge in [0, 0.05) is 6.54 Å². The van der Waals surface area contributed by atoms with Crippen LogP contribution in [0.25, 0.3) is 0 Å². The van der Waals surface area contributed by atoms with Gasteiger partial charge >= 0.3 is 0 Å². The monoisotopic (exact) mass is 271 g/mol. The first kappa shape index (κ1) is 14.6. The molecule has 0 fully saturated rings. The quantitative estimate of drug-likeness (QED) is 0.839. The molecule has 2 rings (SSSR count). The van der Waals surface area contributed by atoms with E-state index in [4.69, 9.17) is 9.47 Å². The summed E-state index contributed by atoms with van der Waals surface area (Å²) < 4.78 is 11.2. The second kappa shape index (κ2) is 7.68. The lowest BCUT2D eigenvalue weighted by molar-refractivity contribution is 0.0410. The van der Waals surface area contributed by atoms with Crippen molar-refractivity contribution in [1.82, 2.24) is 5.32 Å². The molecule has 0 saturated heterocycles. The third-order valence-electron chi connectivity index (χ3n) is 3.17. The van der Waals surface area contributed by atoms with E-state index in [0.717, 1.165) is 17.9 Å². The summed E-state index contributed by atoms with van der Waals surface area (Å²) in [5.41, 5.74) is 2.33. The molecule has 1 atom stereocenters. The molecule has 0 saturated carbocycles. The molecule has 2 aromatic carbocycles. The fourth-order valence-electron chi connectivity index (χ4n) is 2.05. The summed E-state index contributed by atoms with van der Waals surface area (Å²) in [5.74, 6) is 0.861. The van der Waals surface area contributed by atoms with Gasteiger partial charge in [-0.3, -0.25) is 0 Å². The molecule has 0 aliphatic rings. The summed E-state index contributed by atoms with van der Waals surface area (Å²) in [6, 6.07) is 18.2. The molecule has 1 unspecified atom stereocenters. The lowest BCUT2D eigenvalue weighted by Crippen LogP contribution is -2.19. The molecule has 0 amide bonds. The van der Waals surface area contributed by atoms with Crippen molar-refractivity contribution >= 4 is 0 Å². The second-order valence-corrected chi connectivity index (χ2v) is 4.62. The van der Waals surface area contributed by atoms with Crippen LogP contribution >= 0.6 is 0 Å². The minimum atomic E-state index is 0.0334. The molecule has 3 nitrogen and oxygen atoms in total. The van der Waals surface area contributed by atoms with E-state index in [1.165, 1.54) is 5.56 Å². The molecule has 2 aromatic rings. The van der Waals surface area contributed by atoms with Crippen LogP contribution in [0, 0.1) is 0 Å². The normalized spacial score (nSPS) is 12.1. The number of ether oxygens (including phenoxy) is 2. The molecule has 0 spiro atoms. The summed E-state index contributed by atoms with van der Waals surface area (Å²) in [5, 5.41) is 3.17. The van der Waals surface area contributed by atoms with Crippen LogP contribution in [0.4, 0.5) is 0 Å². The zero-order valence-corrected chi connectivity index (χ0v) is 12.0. The van der Waals surface area contributed by atoms with E-state index in [2.05, 4.69) is 17.4 Å². The zero-order chi connectivity index (χ0) is 14.2. The SMILES string of the molecule is CNCC(OCc1ccccc1)c1ccc(OC)cc1. The predicted molar refractivity (Wildman–Crippen MR) is 80.9 cm³/mol. The Labute approximate surface area is 120 Å². The van der Waals surface area contributed by atoms with Crippen LogP contribution in [-0.4, -0.2) is 20.7 Å². The van der Waals surface area contributed by atoms with Gasteiger partial charge in [0.05, 0.1) is 19.8 Å². The highest BCUT2D eigenvalue weighted by atomic mass is 16.5. The van der Waals surface area contributed by atoms with Crippen LogP contribution in [0.1, 0.15) is 17.2 Å². The lowest BCUT2D eigenvalue weighted by Gasteiger charge is -2.18. The Bertz CT molecular complexity index is 496. The Kier molecular flexibility index (Phi) is 5.59. The van der Waals surface area contributed by atoms with Crippen LogP contribution in [0.15, 0.2) is 54.6 Å². The molecule has 1 N–H and O–H groups in total. The number of rotatable bonds is 7. The Morgan fingerprint density at radius 2 is 1.70 bits per heavy atom. The maximum Gasteiger partial charge on any atom is 0.118 e. The maximum absolute atomic E-state index is 6.02. The summed E-state index contributed by atoms with van der Waals surface area (Å²) >= 11 is 0. The van der Waals surface area contributed by atoms with Crippen molar-refractivity contribution in [2.75, 3.05) is 20.7 Å². The number of methoxy groups -OCH3 is 1. The van der Waals surface area contributed by atoms with Gasteiger partial charge in [0.2, 0.25) is 0 Å². The molecule has 0 aliphatic carbocycles. The van der Waals surface area contributed by atoms with Crippen LogP contribution < -0.4 is 10.1 Å². The first-order chi connectivity index (χ1) is 9.83. The van der Waals surface area contributed by atoms with Gasteiger partial charge in [0.15, 0.2) is 0 Å². The maximum atomic E-state index is 6.02. The molecule has 0 bridgehead atoms. The lowest BCUT2D eigenvalue weighted by atomic mass is 10.1. The molecule has 0 heterocycles. The van der Waals surface area contributed by atoms with Gasteiger partial charge in [-0.05, 0) is 30.3 Å². The van der Waals surface area contributed by atoms with Gasteiger partial charge < -0.3 is 14.8 Å². The fourth-order valence-corrected chi connectivity index (χ4v) is 2.05. The standard InChI is InChI=1S/C17H21NO2/c1-18-12-17(15-8-10-16(19-2)11-9-15)20-13-14-6-4-3-5-7-14/h3-11,17-18H,12-13H2,1-2H3. The highest BCUT2D eigenvalue weighted by Crippen LogP contribution is 2.21. The average Bonchev–Trinajstić information content (AvgIpc) is 2.52. The van der Waals surface area contributed by atoms with Gasteiger partial charge in [-0.1, -0.05) is 42.5 Å². The Morgan fingerprint density at radius 1 is 1.00 bits per heavy atom. The van der Waals surface area contributed by atoms with Crippen LogP contribution in [0.5, 0.6) is 5.75 Å². The number of benzene rings is 2. The summed E-state index contributed by atoms with van der Waals surface area (Å²) in [6.07, 6.45) is 0.0334. The molecule has 0 aromatic heterocycles. The van der Waals surface area contributed by atoms with Gasteiger partial charge in [0.1, 0.15) is 5.75 Å². The number of likely N-dealkylation sites (N-methyl/N-ethyl adjacent to an activating group) is 1. The highest BCUT2D eigenvalue weighted by Gasteiger charge is 2.11. The summed E-state index contributed by atoms with van der Waals surface area (Å²) in [7, 11) is 3.61. The van der Waals surface area contributed by atoms with E-state index < -0.39 is 0 Å². The fraction of sp³-hybridized carbons (Fsp3) is 0.294. The predicted octanol–water partition coefficient (Wildman–Crippen LogP) is 3.17. The van der Waals surface area contributed by atoms with Crippen LogP contribution in [0.2, 0.25) is 0 Å². The van der Waals surface area contributed by atoms with Crippen molar-refractivity contribution in [3.63, 3.8) is 0 Å². The first-order valence-corrected chi connectivity index (χ1v) is 6.77. The third-order valence-corrected chi connectivity index (χ3v) is 3.17. The van der Waals surface area contributed by atoms with Crippen molar-refractivity contribution in [1.29, 1.82) is 0 Å². The summed E-state index contributed by atoms with van der Waals surface area (Å²) in [6.45, 7) is 1.39. The van der Waals surface area contributed by atoms with Crippen LogP contribution in [0.3, 0.4) is 0 Å². The molecule has 3 heteroatoms. The molecule has 0 aliphatic heterocycles. The minimum Gasteiger partial charge on any atom is -0.497 e. The first-order valence-electron chi connectivity index (χ1n) is 6.77. The van der Waals surface area contributed by atoms with E-state index in [0.29, 0.717) is 6.61 Å². The smallest absolute Gasteiger partial charge is 0.118 e. The highest BCUT2D eigenvalue weighted by molar-refractivity contribution is 5.28. The number of hydrogen-bond donors (Lipinski definition) is 1. The number of hydrogen-bond acceptors (Lipinski definition) is 3. The zero-order valence-electron chi connectivity index (χ0n) is 12.0. The molecule has 106 valence electrons. The van der Waals surface area contributed by atoms with E-state index in [1.807, 2.05) is 49.5 Å². The third kappa shape index (κ3) is 4.08. The van der Waals surface area contributed by atoms with Crippen molar-refractivity contribution in [2.24, 2.45) is 0 Å². The minimum absolute atomic E-state index is 0.0334. The van der Waals surface area contributed by atoms with Crippen LogP contribution in [-0.2, 0) is 11.3 Å². The average molecular weight is 271 g/mol. The second-order valence-electron chi connectivity index (χ2n) is 4.62. The summed E-state index contributed by atoms with van der Waals surface area (Å²) in [4.78, 5) is 0. The molecular formula is C17H21NO2. The van der Waals surface area contributed by atoms with E-state index in [-0.39, 0.29) is 6.10 Å². The van der Waals surface area contributed by atoms with Crippen molar-refractivity contribution in [3.8, 4) is 5.75 Å². The molecule has 0 radical (unpaired) electrons. The van der Waals surface area contributed by atoms with Crippen molar-refractivity contribution in [3.05, 3.63) is 65.7 Å². The van der Waals surface area contributed by atoms with E-state index in [9.17, 15) is 0 Å². The van der Waals surface area contributed by atoms with Gasteiger partial charge in [-0.2, -0.15) is 0 Å². The largest absolute Gasteiger partial charge is 0.497 e. The Morgan fingerprint density at radius 3 is 2.30 bits per heavy atom. The van der Waals surface area contributed by atoms with Gasteiger partial charge in [-0.25, -0.2) is 0 Å². The van der Waals surface area contributed by atoms with Crippen molar-refractivity contribution < 1.29 is 9.47 Å². The molecular weight excluding hydrogens is 250 g/mol. The van der Waals surface area contributed by atoms with Gasteiger partial charge in [-0.15, -0.1) is 0 Å². The Hall–Kier alpha value is -1.84. The number of nitrogens with one attached hydrogen (secondary N) is 1. The topological polar surface area (TPSA) is 30.5 Å². The van der Waals surface area contributed by atoms with Gasteiger partial charge in [0.25, 0.3) is 0 Å². The van der Waals surface area contributed by atoms with E-state index in [1.54, 1.807) is 7.11 Å². The molecule has 20 heavy (non-hydrogen) atoms.